The lowest BCUT2D eigenvalue weighted by atomic mass is 10.1. The Balaban J connectivity index is 1.83. The number of carbonyl (C=O) groups excluding carboxylic acids is 1. The summed E-state index contributed by atoms with van der Waals surface area (Å²) in [6.07, 6.45) is 1.73. The highest BCUT2D eigenvalue weighted by Crippen LogP contribution is 2.25. The predicted octanol–water partition coefficient (Wildman–Crippen LogP) is 2.78. The molecule has 0 saturated carbocycles. The molecule has 0 spiro atoms. The number of amides is 1. The summed E-state index contributed by atoms with van der Waals surface area (Å²) in [5.74, 6) is -0.102. The van der Waals surface area contributed by atoms with E-state index in [-0.39, 0.29) is 5.69 Å². The molecule has 0 saturated heterocycles. The molecule has 4 aromatic rings. The van der Waals surface area contributed by atoms with Gasteiger partial charge in [-0.3, -0.25) is 4.79 Å². The van der Waals surface area contributed by atoms with Gasteiger partial charge in [0, 0.05) is 10.9 Å². The molecule has 0 aliphatic heterocycles. The molecule has 4 rings (SSSR count). The first-order valence-corrected chi connectivity index (χ1v) is 8.48. The van der Waals surface area contributed by atoms with Crippen LogP contribution >= 0.6 is 0 Å². The van der Waals surface area contributed by atoms with Crippen molar-refractivity contribution in [3.63, 3.8) is 0 Å². The molecular weight excluding hydrogens is 356 g/mol. The summed E-state index contributed by atoms with van der Waals surface area (Å²) in [6, 6.07) is 16.4. The second-order valence-corrected chi connectivity index (χ2v) is 6.17. The lowest BCUT2D eigenvalue weighted by molar-refractivity contribution is 0.0995. The second kappa shape index (κ2) is 6.92. The average molecular weight is 372 g/mol. The molecule has 8 nitrogen and oxygen atoms in total. The summed E-state index contributed by atoms with van der Waals surface area (Å²) in [6.45, 7) is 1.68. The normalized spacial score (nSPS) is 11.7. The fourth-order valence-corrected chi connectivity index (χ4v) is 2.89. The number of pyridine rings is 2. The van der Waals surface area contributed by atoms with Crippen LogP contribution in [0.25, 0.3) is 28.0 Å². The standard InChI is InChI=1S/C20H16N6O2/c1-12(25-28)15-4-2-5-16(23-15)13-8-9-14-11-22-26(18(14)10-13)19-7-3-6-17(24-19)20(21)27/h2-11,28H,1H3,(H2,21,27)/b25-12-. The van der Waals surface area contributed by atoms with E-state index in [1.807, 2.05) is 30.3 Å². The van der Waals surface area contributed by atoms with E-state index in [0.717, 1.165) is 22.2 Å². The maximum atomic E-state index is 11.4. The van der Waals surface area contributed by atoms with E-state index in [1.54, 1.807) is 42.1 Å². The topological polar surface area (TPSA) is 119 Å². The molecule has 3 heterocycles. The minimum atomic E-state index is -0.596. The van der Waals surface area contributed by atoms with Gasteiger partial charge in [0.1, 0.15) is 11.4 Å². The minimum Gasteiger partial charge on any atom is -0.411 e. The van der Waals surface area contributed by atoms with Crippen molar-refractivity contribution in [2.75, 3.05) is 0 Å². The van der Waals surface area contributed by atoms with Crippen molar-refractivity contribution in [2.45, 2.75) is 6.92 Å². The third-order valence-corrected chi connectivity index (χ3v) is 4.34. The van der Waals surface area contributed by atoms with Gasteiger partial charge in [0.25, 0.3) is 5.91 Å². The Morgan fingerprint density at radius 3 is 2.64 bits per heavy atom. The number of fused-ring (bicyclic) bond motifs is 1. The third-order valence-electron chi connectivity index (χ3n) is 4.34. The Bertz CT molecular complexity index is 1230. The van der Waals surface area contributed by atoms with E-state index in [4.69, 9.17) is 10.9 Å². The highest BCUT2D eigenvalue weighted by molar-refractivity contribution is 5.97. The van der Waals surface area contributed by atoms with Gasteiger partial charge in [-0.05, 0) is 37.3 Å². The van der Waals surface area contributed by atoms with Crippen LogP contribution in [0.1, 0.15) is 23.1 Å². The molecule has 0 atom stereocenters. The monoisotopic (exact) mass is 372 g/mol. The molecule has 0 aliphatic carbocycles. The number of oxime groups is 1. The first-order chi connectivity index (χ1) is 13.6. The Kier molecular flexibility index (Phi) is 4.29. The highest BCUT2D eigenvalue weighted by atomic mass is 16.4. The zero-order chi connectivity index (χ0) is 19.7. The fourth-order valence-electron chi connectivity index (χ4n) is 2.89. The molecule has 1 aromatic carbocycles. The van der Waals surface area contributed by atoms with Gasteiger partial charge in [-0.25, -0.2) is 14.6 Å². The number of benzene rings is 1. The molecule has 3 N–H and O–H groups in total. The Labute approximate surface area is 160 Å². The summed E-state index contributed by atoms with van der Waals surface area (Å²) in [5.41, 5.74) is 8.93. The van der Waals surface area contributed by atoms with Crippen LogP contribution < -0.4 is 5.73 Å². The van der Waals surface area contributed by atoms with Gasteiger partial charge in [0.2, 0.25) is 0 Å². The lowest BCUT2D eigenvalue weighted by Gasteiger charge is -2.07. The van der Waals surface area contributed by atoms with Crippen molar-refractivity contribution in [3.8, 4) is 17.1 Å². The molecule has 0 unspecified atom stereocenters. The Hall–Kier alpha value is -4.07. The second-order valence-electron chi connectivity index (χ2n) is 6.17. The SMILES string of the molecule is C/C(=N/O)c1cccc(-c2ccc3cnn(-c4cccc(C(N)=O)n4)c3c2)n1. The van der Waals surface area contributed by atoms with Gasteiger partial charge in [0.05, 0.1) is 23.1 Å². The number of nitrogens with zero attached hydrogens (tertiary/aromatic N) is 5. The van der Waals surface area contributed by atoms with Gasteiger partial charge in [-0.2, -0.15) is 5.10 Å². The summed E-state index contributed by atoms with van der Waals surface area (Å²) in [7, 11) is 0. The van der Waals surface area contributed by atoms with Gasteiger partial charge in [0.15, 0.2) is 5.82 Å². The van der Waals surface area contributed by atoms with Crippen molar-refractivity contribution in [1.29, 1.82) is 0 Å². The van der Waals surface area contributed by atoms with Crippen molar-refractivity contribution >= 4 is 22.5 Å². The first kappa shape index (κ1) is 17.3. The first-order valence-electron chi connectivity index (χ1n) is 8.48. The fraction of sp³-hybridized carbons (Fsp3) is 0.0500. The number of hydrogen-bond donors (Lipinski definition) is 2. The maximum absolute atomic E-state index is 11.4. The number of hydrogen-bond acceptors (Lipinski definition) is 6. The van der Waals surface area contributed by atoms with Crippen LogP contribution in [0.4, 0.5) is 0 Å². The van der Waals surface area contributed by atoms with E-state index in [1.165, 1.54) is 0 Å². The number of primary amides is 1. The molecule has 0 bridgehead atoms. The van der Waals surface area contributed by atoms with Crippen LogP contribution in [0.5, 0.6) is 0 Å². The van der Waals surface area contributed by atoms with Crippen LogP contribution in [0.15, 0.2) is 65.9 Å². The predicted molar refractivity (Wildman–Crippen MR) is 105 cm³/mol. The minimum absolute atomic E-state index is 0.172. The van der Waals surface area contributed by atoms with Crippen molar-refractivity contribution in [1.82, 2.24) is 19.7 Å². The molecule has 0 aliphatic rings. The molecule has 138 valence electrons. The zero-order valence-corrected chi connectivity index (χ0v) is 14.9. The summed E-state index contributed by atoms with van der Waals surface area (Å²) >= 11 is 0. The van der Waals surface area contributed by atoms with Gasteiger partial charge >= 0.3 is 0 Å². The average Bonchev–Trinajstić information content (AvgIpc) is 3.16. The quantitative estimate of drug-likeness (QED) is 0.324. The van der Waals surface area contributed by atoms with Crippen molar-refractivity contribution in [3.05, 3.63) is 72.2 Å². The number of nitrogens with two attached hydrogens (primary N) is 1. The number of aromatic nitrogens is 4. The van der Waals surface area contributed by atoms with Crippen molar-refractivity contribution in [2.24, 2.45) is 10.9 Å². The smallest absolute Gasteiger partial charge is 0.267 e. The number of rotatable bonds is 4. The van der Waals surface area contributed by atoms with E-state index in [9.17, 15) is 4.79 Å². The molecule has 0 radical (unpaired) electrons. The number of carbonyl (C=O) groups is 1. The van der Waals surface area contributed by atoms with Crippen LogP contribution in [-0.2, 0) is 0 Å². The zero-order valence-electron chi connectivity index (χ0n) is 14.9. The van der Waals surface area contributed by atoms with E-state index >= 15 is 0 Å². The summed E-state index contributed by atoms with van der Waals surface area (Å²) in [5, 5.41) is 17.5. The molecule has 0 fully saturated rings. The van der Waals surface area contributed by atoms with Crippen molar-refractivity contribution < 1.29 is 10.0 Å². The molecule has 28 heavy (non-hydrogen) atoms. The third kappa shape index (κ3) is 3.07. The Morgan fingerprint density at radius 1 is 1.07 bits per heavy atom. The summed E-state index contributed by atoms with van der Waals surface area (Å²) < 4.78 is 1.65. The largest absolute Gasteiger partial charge is 0.411 e. The summed E-state index contributed by atoms with van der Waals surface area (Å²) in [4.78, 5) is 20.3. The lowest BCUT2D eigenvalue weighted by Crippen LogP contribution is -2.14. The van der Waals surface area contributed by atoms with Crippen LogP contribution in [0.3, 0.4) is 0 Å². The van der Waals surface area contributed by atoms with Crippen LogP contribution in [0, 0.1) is 0 Å². The van der Waals surface area contributed by atoms with Gasteiger partial charge < -0.3 is 10.9 Å². The van der Waals surface area contributed by atoms with Crippen LogP contribution in [-0.4, -0.2) is 36.6 Å². The Morgan fingerprint density at radius 2 is 1.86 bits per heavy atom. The van der Waals surface area contributed by atoms with Gasteiger partial charge in [-0.1, -0.05) is 29.4 Å². The van der Waals surface area contributed by atoms with Gasteiger partial charge in [-0.15, -0.1) is 0 Å². The molecule has 8 heteroatoms. The van der Waals surface area contributed by atoms with E-state index < -0.39 is 5.91 Å². The maximum Gasteiger partial charge on any atom is 0.267 e. The molecular formula is C20H16N6O2. The molecule has 1 amide bonds. The van der Waals surface area contributed by atoms with E-state index in [2.05, 4.69) is 20.2 Å². The molecule has 3 aromatic heterocycles. The highest BCUT2D eigenvalue weighted by Gasteiger charge is 2.11. The van der Waals surface area contributed by atoms with Crippen LogP contribution in [0.2, 0.25) is 0 Å². The van der Waals surface area contributed by atoms with E-state index in [0.29, 0.717) is 17.2 Å².